The number of nitrogens with zero attached hydrogens (tertiary/aromatic N) is 2. The Morgan fingerprint density at radius 2 is 2.58 bits per heavy atom. The van der Waals surface area contributed by atoms with E-state index in [4.69, 9.17) is 16.0 Å². The van der Waals surface area contributed by atoms with Crippen LogP contribution in [0.3, 0.4) is 0 Å². The summed E-state index contributed by atoms with van der Waals surface area (Å²) < 4.78 is 4.95. The Balaban J connectivity index is 2.19. The van der Waals surface area contributed by atoms with Crippen LogP contribution in [0.1, 0.15) is 24.6 Å². The van der Waals surface area contributed by atoms with Crippen molar-refractivity contribution in [1.82, 2.24) is 9.88 Å². The van der Waals surface area contributed by atoms with Crippen LogP contribution in [0.15, 0.2) is 10.7 Å². The third-order valence-corrected chi connectivity index (χ3v) is 2.53. The van der Waals surface area contributed by atoms with Crippen molar-refractivity contribution in [1.29, 1.82) is 0 Å². The standard InChI is InChI=1S/C8H11ClN2O/c1-11-4-2-3-7(11)6-5-12-8(9)10-6/h5,7H,2-4H2,1H3. The van der Waals surface area contributed by atoms with Gasteiger partial charge in [0.2, 0.25) is 0 Å². The van der Waals surface area contributed by atoms with E-state index < -0.39 is 0 Å². The van der Waals surface area contributed by atoms with Crippen LogP contribution in [0.5, 0.6) is 0 Å². The number of halogens is 1. The lowest BCUT2D eigenvalue weighted by Gasteiger charge is -2.15. The molecule has 1 aliphatic rings. The Bertz CT molecular complexity index is 274. The van der Waals surface area contributed by atoms with Crippen molar-refractivity contribution >= 4 is 11.6 Å². The van der Waals surface area contributed by atoms with E-state index >= 15 is 0 Å². The molecular weight excluding hydrogens is 176 g/mol. The first-order valence-electron chi connectivity index (χ1n) is 4.08. The van der Waals surface area contributed by atoms with Crippen LogP contribution in [0.4, 0.5) is 0 Å². The van der Waals surface area contributed by atoms with Crippen molar-refractivity contribution in [3.63, 3.8) is 0 Å². The number of hydrogen-bond acceptors (Lipinski definition) is 3. The van der Waals surface area contributed by atoms with Crippen LogP contribution >= 0.6 is 11.6 Å². The molecule has 1 atom stereocenters. The Labute approximate surface area is 76.3 Å². The van der Waals surface area contributed by atoms with Gasteiger partial charge < -0.3 is 4.42 Å². The molecule has 1 aliphatic heterocycles. The molecule has 3 nitrogen and oxygen atoms in total. The highest BCUT2D eigenvalue weighted by Gasteiger charge is 2.25. The van der Waals surface area contributed by atoms with Crippen molar-refractivity contribution in [2.45, 2.75) is 18.9 Å². The number of oxazole rings is 1. The second kappa shape index (κ2) is 3.07. The summed E-state index contributed by atoms with van der Waals surface area (Å²) in [5, 5.41) is 0.241. The normalized spacial score (nSPS) is 25.0. The van der Waals surface area contributed by atoms with Gasteiger partial charge in [0.15, 0.2) is 0 Å². The molecule has 0 bridgehead atoms. The zero-order valence-electron chi connectivity index (χ0n) is 6.96. The van der Waals surface area contributed by atoms with Gasteiger partial charge in [0, 0.05) is 0 Å². The second-order valence-corrected chi connectivity index (χ2v) is 3.49. The average molecular weight is 187 g/mol. The monoisotopic (exact) mass is 186 g/mol. The molecule has 0 aliphatic carbocycles. The van der Waals surface area contributed by atoms with Gasteiger partial charge >= 0.3 is 0 Å². The quantitative estimate of drug-likeness (QED) is 0.673. The highest BCUT2D eigenvalue weighted by atomic mass is 35.5. The lowest BCUT2D eigenvalue weighted by atomic mass is 10.2. The minimum absolute atomic E-state index is 0.241. The summed E-state index contributed by atoms with van der Waals surface area (Å²) in [5.74, 6) is 0. The van der Waals surface area contributed by atoms with Crippen LogP contribution < -0.4 is 0 Å². The number of hydrogen-bond donors (Lipinski definition) is 0. The summed E-state index contributed by atoms with van der Waals surface area (Å²) in [5.41, 5.74) is 0.958. The number of rotatable bonds is 1. The second-order valence-electron chi connectivity index (χ2n) is 3.16. The first-order chi connectivity index (χ1) is 5.77. The molecule has 12 heavy (non-hydrogen) atoms. The molecule has 1 aromatic rings. The Kier molecular flexibility index (Phi) is 2.07. The van der Waals surface area contributed by atoms with E-state index in [1.165, 1.54) is 6.42 Å². The Hall–Kier alpha value is -0.540. The molecule has 0 aromatic carbocycles. The molecule has 1 aromatic heterocycles. The predicted octanol–water partition coefficient (Wildman–Crippen LogP) is 2.09. The van der Waals surface area contributed by atoms with Gasteiger partial charge in [0.25, 0.3) is 5.35 Å². The van der Waals surface area contributed by atoms with Gasteiger partial charge in [-0.05, 0) is 38.0 Å². The molecule has 0 amide bonds. The van der Waals surface area contributed by atoms with Crippen molar-refractivity contribution in [3.05, 3.63) is 17.3 Å². The molecule has 66 valence electrons. The molecule has 4 heteroatoms. The van der Waals surface area contributed by atoms with Gasteiger partial charge in [-0.25, -0.2) is 4.98 Å². The minimum Gasteiger partial charge on any atom is -0.436 e. The maximum atomic E-state index is 5.59. The third-order valence-electron chi connectivity index (χ3n) is 2.36. The van der Waals surface area contributed by atoms with Gasteiger partial charge in [-0.1, -0.05) is 0 Å². The average Bonchev–Trinajstić information content (AvgIpc) is 2.58. The molecule has 1 unspecified atom stereocenters. The summed E-state index contributed by atoms with van der Waals surface area (Å²) in [6, 6.07) is 0.404. The highest BCUT2D eigenvalue weighted by Crippen LogP contribution is 2.30. The largest absolute Gasteiger partial charge is 0.436 e. The summed E-state index contributed by atoms with van der Waals surface area (Å²) >= 11 is 5.59. The van der Waals surface area contributed by atoms with Crippen molar-refractivity contribution in [2.24, 2.45) is 0 Å². The van der Waals surface area contributed by atoms with E-state index in [9.17, 15) is 0 Å². The molecule has 0 radical (unpaired) electrons. The number of likely N-dealkylation sites (tertiary alicyclic amines) is 1. The fourth-order valence-electron chi connectivity index (χ4n) is 1.70. The van der Waals surface area contributed by atoms with Gasteiger partial charge in [-0.2, -0.15) is 0 Å². The maximum absolute atomic E-state index is 5.59. The molecule has 1 saturated heterocycles. The van der Waals surface area contributed by atoms with E-state index in [0.717, 1.165) is 18.7 Å². The molecule has 0 N–H and O–H groups in total. The zero-order chi connectivity index (χ0) is 8.55. The predicted molar refractivity (Wildman–Crippen MR) is 46.1 cm³/mol. The third kappa shape index (κ3) is 1.34. The lowest BCUT2D eigenvalue weighted by Crippen LogP contribution is -2.17. The van der Waals surface area contributed by atoms with Crippen LogP contribution in [-0.2, 0) is 0 Å². The van der Waals surface area contributed by atoms with E-state index in [1.807, 2.05) is 0 Å². The molecule has 2 heterocycles. The minimum atomic E-state index is 0.241. The van der Waals surface area contributed by atoms with E-state index in [-0.39, 0.29) is 5.35 Å². The Morgan fingerprint density at radius 3 is 3.08 bits per heavy atom. The van der Waals surface area contributed by atoms with Gasteiger partial charge in [0.1, 0.15) is 6.26 Å². The molecule has 0 saturated carbocycles. The van der Waals surface area contributed by atoms with Gasteiger partial charge in [-0.3, -0.25) is 4.90 Å². The summed E-state index contributed by atoms with van der Waals surface area (Å²) in [6.45, 7) is 1.13. The summed E-state index contributed by atoms with van der Waals surface area (Å²) in [7, 11) is 2.10. The molecule has 1 fully saturated rings. The molecular formula is C8H11ClN2O. The van der Waals surface area contributed by atoms with Crippen LogP contribution in [-0.4, -0.2) is 23.5 Å². The van der Waals surface area contributed by atoms with Crippen LogP contribution in [0.2, 0.25) is 5.35 Å². The smallest absolute Gasteiger partial charge is 0.292 e. The first-order valence-corrected chi connectivity index (χ1v) is 4.46. The van der Waals surface area contributed by atoms with Crippen LogP contribution in [0.25, 0.3) is 0 Å². The summed E-state index contributed by atoms with van der Waals surface area (Å²) in [4.78, 5) is 6.37. The summed E-state index contributed by atoms with van der Waals surface area (Å²) in [6.07, 6.45) is 4.03. The fourth-order valence-corrected chi connectivity index (χ4v) is 1.84. The number of aromatic nitrogens is 1. The SMILES string of the molecule is CN1CCCC1c1coc(Cl)n1. The van der Waals surface area contributed by atoms with Crippen molar-refractivity contribution in [2.75, 3.05) is 13.6 Å². The van der Waals surface area contributed by atoms with E-state index in [1.54, 1.807) is 6.26 Å². The van der Waals surface area contributed by atoms with Crippen molar-refractivity contribution < 1.29 is 4.42 Å². The highest BCUT2D eigenvalue weighted by molar-refractivity contribution is 6.27. The molecule has 2 rings (SSSR count). The van der Waals surface area contributed by atoms with Gasteiger partial charge in [0.05, 0.1) is 11.7 Å². The lowest BCUT2D eigenvalue weighted by molar-refractivity contribution is 0.311. The Morgan fingerprint density at radius 1 is 1.75 bits per heavy atom. The van der Waals surface area contributed by atoms with Crippen molar-refractivity contribution in [3.8, 4) is 0 Å². The van der Waals surface area contributed by atoms with Crippen LogP contribution in [0, 0.1) is 0 Å². The van der Waals surface area contributed by atoms with Gasteiger partial charge in [-0.15, -0.1) is 0 Å². The topological polar surface area (TPSA) is 29.3 Å². The van der Waals surface area contributed by atoms with E-state index in [0.29, 0.717) is 6.04 Å². The fraction of sp³-hybridized carbons (Fsp3) is 0.625. The molecule has 0 spiro atoms. The first kappa shape index (κ1) is 8.08. The maximum Gasteiger partial charge on any atom is 0.292 e. The zero-order valence-corrected chi connectivity index (χ0v) is 7.71. The van der Waals surface area contributed by atoms with E-state index in [2.05, 4.69) is 16.9 Å².